The van der Waals surface area contributed by atoms with E-state index in [0.29, 0.717) is 0 Å². The molecular weight excluding hydrogens is 801 g/mol. The van der Waals surface area contributed by atoms with E-state index in [2.05, 4.69) is 211 Å². The largest absolute Gasteiger partial charge is 0.456 e. The monoisotopic (exact) mass is 842 g/mol. The van der Waals surface area contributed by atoms with Gasteiger partial charge in [-0.05, 0) is 131 Å². The summed E-state index contributed by atoms with van der Waals surface area (Å²) in [6.07, 6.45) is 16.7. The number of furan rings is 1. The van der Waals surface area contributed by atoms with Crippen LogP contribution in [0.25, 0.3) is 93.6 Å². The van der Waals surface area contributed by atoms with Crippen LogP contribution < -0.4 is 0 Å². The van der Waals surface area contributed by atoms with Crippen LogP contribution in [0.2, 0.25) is 0 Å². The molecular formula is C63H42N2O. The molecule has 0 spiro atoms. The molecule has 310 valence electrons. The molecule has 0 bridgehead atoms. The van der Waals surface area contributed by atoms with Crippen molar-refractivity contribution < 1.29 is 4.42 Å². The molecule has 11 aromatic rings. The maximum atomic E-state index is 6.98. The molecule has 0 saturated carbocycles. The Bertz CT molecular complexity index is 3710. The molecule has 0 fully saturated rings. The van der Waals surface area contributed by atoms with Crippen LogP contribution >= 0.6 is 0 Å². The van der Waals surface area contributed by atoms with E-state index in [0.717, 1.165) is 55.3 Å². The first kappa shape index (κ1) is 38.1. The van der Waals surface area contributed by atoms with Gasteiger partial charge in [0.1, 0.15) is 11.2 Å². The lowest BCUT2D eigenvalue weighted by atomic mass is 9.58. The number of hydrogen-bond donors (Lipinski definition) is 0. The van der Waals surface area contributed by atoms with Gasteiger partial charge in [-0.25, -0.2) is 0 Å². The quantitative estimate of drug-likeness (QED) is 0.157. The Morgan fingerprint density at radius 1 is 0.455 bits per heavy atom. The van der Waals surface area contributed by atoms with E-state index in [-0.39, 0.29) is 11.3 Å². The first-order valence-electron chi connectivity index (χ1n) is 22.7. The Hall–Kier alpha value is -8.40. The van der Waals surface area contributed by atoms with Gasteiger partial charge in [0, 0.05) is 58.0 Å². The van der Waals surface area contributed by atoms with E-state index < -0.39 is 0 Å². The minimum atomic E-state index is -0.352. The van der Waals surface area contributed by atoms with Gasteiger partial charge in [0.15, 0.2) is 0 Å². The summed E-state index contributed by atoms with van der Waals surface area (Å²) in [4.78, 5) is 8.99. The van der Waals surface area contributed by atoms with Gasteiger partial charge >= 0.3 is 0 Å². The van der Waals surface area contributed by atoms with E-state index in [4.69, 9.17) is 4.42 Å². The van der Waals surface area contributed by atoms with E-state index in [1.54, 1.807) is 0 Å². The smallest absolute Gasteiger partial charge is 0.136 e. The van der Waals surface area contributed by atoms with E-state index in [1.807, 2.05) is 36.9 Å². The average Bonchev–Trinajstić information content (AvgIpc) is 3.77. The second-order valence-electron chi connectivity index (χ2n) is 17.8. The SMILES string of the molecule is CC1(c2ccc3c(c2)oc2cccc(-c4c5ccccc5c(-c5cc(-c6cccnc6)cc(-c6cccnc6)c5)c5ccccc45)c23)c2ccccc2C(c2ccccc2)=C2C=CC=CC21. The van der Waals surface area contributed by atoms with Gasteiger partial charge in [-0.15, -0.1) is 0 Å². The lowest BCUT2D eigenvalue weighted by Crippen LogP contribution is -2.38. The average molecular weight is 843 g/mol. The van der Waals surface area contributed by atoms with Crippen LogP contribution in [0.4, 0.5) is 0 Å². The van der Waals surface area contributed by atoms with Crippen LogP contribution in [0, 0.1) is 5.92 Å². The molecule has 3 aromatic heterocycles. The highest BCUT2D eigenvalue weighted by Crippen LogP contribution is 2.55. The third-order valence-corrected chi connectivity index (χ3v) is 14.3. The molecule has 3 heteroatoms. The highest BCUT2D eigenvalue weighted by molar-refractivity contribution is 6.25. The van der Waals surface area contributed by atoms with Crippen LogP contribution in [0.3, 0.4) is 0 Å². The minimum absolute atomic E-state index is 0.131. The summed E-state index contributed by atoms with van der Waals surface area (Å²) < 4.78 is 6.98. The first-order valence-corrected chi connectivity index (χ1v) is 22.7. The Kier molecular flexibility index (Phi) is 8.72. The number of aromatic nitrogens is 2. The van der Waals surface area contributed by atoms with Crippen molar-refractivity contribution in [2.75, 3.05) is 0 Å². The molecule has 66 heavy (non-hydrogen) atoms. The van der Waals surface area contributed by atoms with Gasteiger partial charge in [-0.2, -0.15) is 0 Å². The molecule has 0 radical (unpaired) electrons. The fraction of sp³-hybridized carbons (Fsp3) is 0.0476. The zero-order chi connectivity index (χ0) is 43.8. The Morgan fingerprint density at radius 2 is 1.06 bits per heavy atom. The summed E-state index contributed by atoms with van der Waals surface area (Å²) >= 11 is 0. The van der Waals surface area contributed by atoms with Gasteiger partial charge in [-0.1, -0.05) is 171 Å². The molecule has 0 saturated heterocycles. The van der Waals surface area contributed by atoms with Crippen LogP contribution in [-0.2, 0) is 5.41 Å². The lowest BCUT2D eigenvalue weighted by Gasteiger charge is -2.45. The zero-order valence-electron chi connectivity index (χ0n) is 36.3. The topological polar surface area (TPSA) is 38.9 Å². The summed E-state index contributed by atoms with van der Waals surface area (Å²) in [5.74, 6) is 0.131. The van der Waals surface area contributed by atoms with E-state index in [9.17, 15) is 0 Å². The first-order chi connectivity index (χ1) is 32.6. The van der Waals surface area contributed by atoms with Crippen molar-refractivity contribution in [3.8, 4) is 44.5 Å². The Balaban J connectivity index is 1.02. The second-order valence-corrected chi connectivity index (χ2v) is 17.8. The summed E-state index contributed by atoms with van der Waals surface area (Å²) in [5, 5.41) is 7.00. The van der Waals surface area contributed by atoms with E-state index in [1.165, 1.54) is 66.1 Å². The maximum Gasteiger partial charge on any atom is 0.136 e. The van der Waals surface area contributed by atoms with Crippen LogP contribution in [0.1, 0.15) is 29.2 Å². The standard InChI is InChI=1S/C63H42N2O/c1-63(55-27-11-9-24-51(55)59(40-16-3-2-4-17-40)52-25-10-12-28-56(52)63)46-30-31-53-58(37-46)66-57-29-13-26-54(62(53)57)61-49-22-7-5-20-47(49)60(48-21-6-8-23-50(48)61)45-35-43(41-18-14-32-64-38-41)34-44(36-45)42-19-15-33-65-39-42/h2-39,55H,1H3. The number of nitrogens with zero attached hydrogens (tertiary/aromatic N) is 2. The molecule has 2 aliphatic carbocycles. The highest BCUT2D eigenvalue weighted by atomic mass is 16.3. The number of pyridine rings is 2. The van der Waals surface area contributed by atoms with Gasteiger partial charge < -0.3 is 4.42 Å². The van der Waals surface area contributed by atoms with Gasteiger partial charge in [0.2, 0.25) is 0 Å². The molecule has 3 nitrogen and oxygen atoms in total. The fourth-order valence-electron chi connectivity index (χ4n) is 11.3. The highest BCUT2D eigenvalue weighted by Gasteiger charge is 2.45. The molecule has 3 heterocycles. The number of allylic oxidation sites excluding steroid dienone is 5. The second kappa shape index (κ2) is 15.1. The maximum absolute atomic E-state index is 6.98. The number of benzene rings is 8. The fourth-order valence-corrected chi connectivity index (χ4v) is 11.3. The molecule has 13 rings (SSSR count). The molecule has 0 N–H and O–H groups in total. The van der Waals surface area contributed by atoms with Gasteiger partial charge in [0.05, 0.1) is 0 Å². The van der Waals surface area contributed by atoms with Crippen molar-refractivity contribution in [3.63, 3.8) is 0 Å². The van der Waals surface area contributed by atoms with Crippen molar-refractivity contribution in [3.05, 3.63) is 259 Å². The third-order valence-electron chi connectivity index (χ3n) is 14.3. The van der Waals surface area contributed by atoms with E-state index >= 15 is 0 Å². The molecule has 8 aromatic carbocycles. The minimum Gasteiger partial charge on any atom is -0.456 e. The van der Waals surface area contributed by atoms with Crippen LogP contribution in [0.15, 0.2) is 241 Å². The van der Waals surface area contributed by atoms with Crippen molar-refractivity contribution in [2.45, 2.75) is 12.3 Å². The summed E-state index contributed by atoms with van der Waals surface area (Å²) in [6.45, 7) is 2.42. The lowest BCUT2D eigenvalue weighted by molar-refractivity contribution is 0.462. The normalized spacial score (nSPS) is 16.6. The number of rotatable bonds is 6. The molecule has 0 amide bonds. The number of hydrogen-bond acceptors (Lipinski definition) is 3. The predicted molar refractivity (Wildman–Crippen MR) is 273 cm³/mol. The summed E-state index contributed by atoms with van der Waals surface area (Å²) in [7, 11) is 0. The molecule has 0 aliphatic heterocycles. The Morgan fingerprint density at radius 3 is 1.74 bits per heavy atom. The van der Waals surface area contributed by atoms with Crippen molar-refractivity contribution in [2.24, 2.45) is 5.92 Å². The zero-order valence-corrected chi connectivity index (χ0v) is 36.3. The molecule has 2 atom stereocenters. The Labute approximate surface area is 383 Å². The summed E-state index contributed by atoms with van der Waals surface area (Å²) in [5.41, 5.74) is 18.2. The predicted octanol–water partition coefficient (Wildman–Crippen LogP) is 16.2. The van der Waals surface area contributed by atoms with Gasteiger partial charge in [0.25, 0.3) is 0 Å². The summed E-state index contributed by atoms with van der Waals surface area (Å²) in [6, 6.07) is 66.4. The third kappa shape index (κ3) is 5.83. The van der Waals surface area contributed by atoms with Crippen molar-refractivity contribution >= 4 is 49.1 Å². The van der Waals surface area contributed by atoms with Crippen LogP contribution in [0.5, 0.6) is 0 Å². The molecule has 2 unspecified atom stereocenters. The molecule has 2 aliphatic rings. The number of fused-ring (bicyclic) bond motifs is 7. The van der Waals surface area contributed by atoms with Crippen molar-refractivity contribution in [1.82, 2.24) is 9.97 Å². The van der Waals surface area contributed by atoms with Crippen LogP contribution in [-0.4, -0.2) is 9.97 Å². The van der Waals surface area contributed by atoms with Gasteiger partial charge in [-0.3, -0.25) is 9.97 Å². The van der Waals surface area contributed by atoms with Crippen molar-refractivity contribution in [1.29, 1.82) is 0 Å².